The van der Waals surface area contributed by atoms with Gasteiger partial charge in [-0.2, -0.15) is 0 Å². The van der Waals surface area contributed by atoms with Crippen molar-refractivity contribution in [2.45, 2.75) is 18.4 Å². The number of benzene rings is 1. The quantitative estimate of drug-likeness (QED) is 0.525. The Labute approximate surface area is 157 Å². The standard InChI is InChI=1S/C20H17N3O3S/c1-15-12-16-6-4-8-18(20(16)22-13-15)27(24,25)23(14-17-7-5-11-26-17)19-9-2-3-10-21-19/h2-13H,14H2,1H3. The molecule has 3 heterocycles. The fourth-order valence-corrected chi connectivity index (χ4v) is 4.46. The highest BCUT2D eigenvalue weighted by Crippen LogP contribution is 2.28. The number of hydrogen-bond acceptors (Lipinski definition) is 5. The van der Waals surface area contributed by atoms with Gasteiger partial charge in [-0.05, 0) is 48.9 Å². The van der Waals surface area contributed by atoms with Crippen LogP contribution in [0.2, 0.25) is 0 Å². The molecule has 7 heteroatoms. The number of para-hydroxylation sites is 1. The molecule has 136 valence electrons. The van der Waals surface area contributed by atoms with Gasteiger partial charge in [0.25, 0.3) is 10.0 Å². The van der Waals surface area contributed by atoms with Crippen molar-refractivity contribution < 1.29 is 12.8 Å². The molecule has 6 nitrogen and oxygen atoms in total. The van der Waals surface area contributed by atoms with Crippen LogP contribution in [0.15, 0.2) is 82.6 Å². The lowest BCUT2D eigenvalue weighted by molar-refractivity contribution is 0.508. The lowest BCUT2D eigenvalue weighted by Crippen LogP contribution is -2.31. The zero-order chi connectivity index (χ0) is 18.9. The average molecular weight is 379 g/mol. The van der Waals surface area contributed by atoms with Gasteiger partial charge in [0.05, 0.1) is 18.3 Å². The van der Waals surface area contributed by atoms with E-state index in [4.69, 9.17) is 4.42 Å². The van der Waals surface area contributed by atoms with Crippen LogP contribution in [0.4, 0.5) is 5.82 Å². The Morgan fingerprint density at radius 2 is 1.93 bits per heavy atom. The lowest BCUT2D eigenvalue weighted by Gasteiger charge is -2.23. The van der Waals surface area contributed by atoms with Gasteiger partial charge in [0, 0.05) is 17.8 Å². The van der Waals surface area contributed by atoms with Crippen molar-refractivity contribution in [1.82, 2.24) is 9.97 Å². The summed E-state index contributed by atoms with van der Waals surface area (Å²) in [5.74, 6) is 0.839. The molecule has 0 saturated carbocycles. The molecule has 0 aliphatic carbocycles. The molecule has 0 fully saturated rings. The van der Waals surface area contributed by atoms with Crippen LogP contribution >= 0.6 is 0 Å². The molecule has 27 heavy (non-hydrogen) atoms. The summed E-state index contributed by atoms with van der Waals surface area (Å²) in [6, 6.07) is 15.7. The number of fused-ring (bicyclic) bond motifs is 1. The number of furan rings is 1. The van der Waals surface area contributed by atoms with Crippen LogP contribution in [0.1, 0.15) is 11.3 Å². The Morgan fingerprint density at radius 1 is 1.04 bits per heavy atom. The van der Waals surface area contributed by atoms with Crippen LogP contribution in [0, 0.1) is 6.92 Å². The molecule has 0 aliphatic rings. The normalized spacial score (nSPS) is 11.6. The minimum atomic E-state index is -3.92. The number of pyridine rings is 2. The van der Waals surface area contributed by atoms with Gasteiger partial charge >= 0.3 is 0 Å². The third-order valence-corrected chi connectivity index (χ3v) is 5.94. The minimum absolute atomic E-state index is 0.0363. The molecule has 0 bridgehead atoms. The second-order valence-corrected chi connectivity index (χ2v) is 7.95. The van der Waals surface area contributed by atoms with Crippen molar-refractivity contribution >= 4 is 26.7 Å². The summed E-state index contributed by atoms with van der Waals surface area (Å²) < 4.78 is 33.7. The molecule has 3 aromatic heterocycles. The van der Waals surface area contributed by atoms with Crippen LogP contribution in [0.3, 0.4) is 0 Å². The van der Waals surface area contributed by atoms with Crippen molar-refractivity contribution in [2.24, 2.45) is 0 Å². The monoisotopic (exact) mass is 379 g/mol. The molecule has 0 unspecified atom stereocenters. The number of anilines is 1. The van der Waals surface area contributed by atoms with E-state index in [9.17, 15) is 8.42 Å². The first-order valence-corrected chi connectivity index (χ1v) is 9.81. The molecule has 1 aromatic carbocycles. The highest BCUT2D eigenvalue weighted by atomic mass is 32.2. The topological polar surface area (TPSA) is 76.3 Å². The first kappa shape index (κ1) is 17.2. The third kappa shape index (κ3) is 3.29. The molecule has 0 atom stereocenters. The van der Waals surface area contributed by atoms with Gasteiger partial charge in [0.15, 0.2) is 0 Å². The molecule has 0 amide bonds. The van der Waals surface area contributed by atoms with E-state index >= 15 is 0 Å². The number of nitrogens with zero attached hydrogens (tertiary/aromatic N) is 3. The summed E-state index contributed by atoms with van der Waals surface area (Å²) in [6.45, 7) is 1.96. The van der Waals surface area contributed by atoms with Gasteiger partial charge in [-0.15, -0.1) is 0 Å². The maximum absolute atomic E-state index is 13.6. The van der Waals surface area contributed by atoms with E-state index in [1.165, 1.54) is 10.6 Å². The number of sulfonamides is 1. The van der Waals surface area contributed by atoms with E-state index in [1.807, 2.05) is 19.1 Å². The fraction of sp³-hybridized carbons (Fsp3) is 0.100. The first-order chi connectivity index (χ1) is 13.1. The van der Waals surface area contributed by atoms with Gasteiger partial charge in [-0.3, -0.25) is 4.98 Å². The summed E-state index contributed by atoms with van der Waals surface area (Å²) in [5.41, 5.74) is 1.40. The van der Waals surface area contributed by atoms with Crippen molar-refractivity contribution in [3.8, 4) is 0 Å². The summed E-state index contributed by atoms with van der Waals surface area (Å²) in [5, 5.41) is 0.773. The van der Waals surface area contributed by atoms with Crippen LogP contribution in [0.25, 0.3) is 10.9 Å². The summed E-state index contributed by atoms with van der Waals surface area (Å²) >= 11 is 0. The molecule has 0 N–H and O–H groups in total. The Hall–Kier alpha value is -3.19. The van der Waals surface area contributed by atoms with E-state index in [0.717, 1.165) is 10.9 Å². The maximum atomic E-state index is 13.6. The molecule has 0 radical (unpaired) electrons. The number of aryl methyl sites for hydroxylation is 1. The number of hydrogen-bond donors (Lipinski definition) is 0. The number of rotatable bonds is 5. The van der Waals surface area contributed by atoms with E-state index in [1.54, 1.807) is 54.9 Å². The summed E-state index contributed by atoms with van der Waals surface area (Å²) in [6.07, 6.45) is 4.74. The smallest absolute Gasteiger partial charge is 0.268 e. The average Bonchev–Trinajstić information content (AvgIpc) is 3.19. The minimum Gasteiger partial charge on any atom is -0.467 e. The lowest BCUT2D eigenvalue weighted by atomic mass is 10.2. The largest absolute Gasteiger partial charge is 0.467 e. The van der Waals surface area contributed by atoms with Crippen LogP contribution in [-0.2, 0) is 16.6 Å². The molecule has 0 aliphatic heterocycles. The van der Waals surface area contributed by atoms with Crippen molar-refractivity contribution in [3.05, 3.63) is 84.6 Å². The Balaban J connectivity index is 1.88. The zero-order valence-electron chi connectivity index (χ0n) is 14.6. The van der Waals surface area contributed by atoms with E-state index in [0.29, 0.717) is 17.1 Å². The Morgan fingerprint density at radius 3 is 2.67 bits per heavy atom. The molecular formula is C20H17N3O3S. The first-order valence-electron chi connectivity index (χ1n) is 8.37. The SMILES string of the molecule is Cc1cnc2c(S(=O)(=O)N(Cc3ccco3)c3ccccn3)cccc2c1. The summed E-state index contributed by atoms with van der Waals surface area (Å²) in [4.78, 5) is 8.74. The Bertz CT molecular complexity index is 1170. The second-order valence-electron chi connectivity index (χ2n) is 6.12. The van der Waals surface area contributed by atoms with Crippen LogP contribution < -0.4 is 4.31 Å². The van der Waals surface area contributed by atoms with Gasteiger partial charge < -0.3 is 4.42 Å². The van der Waals surface area contributed by atoms with Crippen molar-refractivity contribution in [1.29, 1.82) is 0 Å². The molecule has 4 aromatic rings. The maximum Gasteiger partial charge on any atom is 0.268 e. The van der Waals surface area contributed by atoms with Crippen LogP contribution in [0.5, 0.6) is 0 Å². The van der Waals surface area contributed by atoms with Crippen molar-refractivity contribution in [3.63, 3.8) is 0 Å². The van der Waals surface area contributed by atoms with Gasteiger partial charge in [0.1, 0.15) is 16.5 Å². The molecular weight excluding hydrogens is 362 g/mol. The predicted molar refractivity (Wildman–Crippen MR) is 103 cm³/mol. The molecule has 4 rings (SSSR count). The zero-order valence-corrected chi connectivity index (χ0v) is 15.4. The van der Waals surface area contributed by atoms with Crippen molar-refractivity contribution in [2.75, 3.05) is 4.31 Å². The third-order valence-electron chi connectivity index (χ3n) is 4.16. The van der Waals surface area contributed by atoms with Gasteiger partial charge in [-0.1, -0.05) is 18.2 Å². The van der Waals surface area contributed by atoms with E-state index < -0.39 is 10.0 Å². The van der Waals surface area contributed by atoms with E-state index in [-0.39, 0.29) is 11.4 Å². The highest BCUT2D eigenvalue weighted by molar-refractivity contribution is 7.93. The predicted octanol–water partition coefficient (Wildman–Crippen LogP) is 3.93. The fourth-order valence-electron chi connectivity index (χ4n) is 2.90. The number of aromatic nitrogens is 2. The Kier molecular flexibility index (Phi) is 4.37. The molecule has 0 spiro atoms. The van der Waals surface area contributed by atoms with E-state index in [2.05, 4.69) is 9.97 Å². The van der Waals surface area contributed by atoms with Gasteiger partial charge in [-0.25, -0.2) is 17.7 Å². The van der Waals surface area contributed by atoms with Crippen LogP contribution in [-0.4, -0.2) is 18.4 Å². The summed E-state index contributed by atoms with van der Waals surface area (Å²) in [7, 11) is -3.92. The second kappa shape index (κ2) is 6.85. The highest BCUT2D eigenvalue weighted by Gasteiger charge is 2.29. The van der Waals surface area contributed by atoms with Gasteiger partial charge in [0.2, 0.25) is 0 Å². The molecule has 0 saturated heterocycles.